The third-order valence-corrected chi connectivity index (χ3v) is 7.78. The van der Waals surface area contributed by atoms with Crippen LogP contribution in [0, 0.1) is 0 Å². The molecule has 110 valence electrons. The van der Waals surface area contributed by atoms with Crippen LogP contribution in [-0.2, 0) is 14.8 Å². The lowest BCUT2D eigenvalue weighted by Crippen LogP contribution is -2.48. The first-order chi connectivity index (χ1) is 8.98. The molecule has 1 heterocycles. The van der Waals surface area contributed by atoms with Crippen molar-refractivity contribution in [1.82, 2.24) is 4.31 Å². The summed E-state index contributed by atoms with van der Waals surface area (Å²) in [5.74, 6) is -0.654. The van der Waals surface area contributed by atoms with Crippen LogP contribution in [0.2, 0.25) is 0 Å². The zero-order valence-corrected chi connectivity index (χ0v) is 12.8. The summed E-state index contributed by atoms with van der Waals surface area (Å²) in [7, 11) is -3.47. The topological polar surface area (TPSA) is 74.7 Å². The molecule has 1 saturated carbocycles. The molecule has 2 aliphatic rings. The van der Waals surface area contributed by atoms with E-state index in [1.807, 2.05) is 6.92 Å². The summed E-state index contributed by atoms with van der Waals surface area (Å²) in [5.41, 5.74) is 0. The van der Waals surface area contributed by atoms with E-state index in [4.69, 9.17) is 0 Å². The van der Waals surface area contributed by atoms with E-state index in [0.29, 0.717) is 18.6 Å². The number of hydrogen-bond acceptors (Lipinski definition) is 4. The molecular formula is C12H21NO4S2. The Kier molecular flexibility index (Phi) is 4.79. The first-order valence-corrected chi connectivity index (χ1v) is 9.40. The molecule has 0 radical (unpaired) electrons. The molecule has 0 spiro atoms. The first kappa shape index (κ1) is 15.1. The third-order valence-electron chi connectivity index (χ3n) is 3.88. The van der Waals surface area contributed by atoms with Gasteiger partial charge in [-0.2, -0.15) is 4.31 Å². The van der Waals surface area contributed by atoms with Crippen LogP contribution in [0.3, 0.4) is 0 Å². The Morgan fingerprint density at radius 2 is 2.00 bits per heavy atom. The fraction of sp³-hybridized carbons (Fsp3) is 0.917. The Hall–Kier alpha value is -0.270. The van der Waals surface area contributed by atoms with E-state index in [-0.39, 0.29) is 10.6 Å². The zero-order chi connectivity index (χ0) is 14.0. The molecule has 19 heavy (non-hydrogen) atoms. The maximum atomic E-state index is 12.7. The Balaban J connectivity index is 2.27. The normalized spacial score (nSPS) is 29.9. The molecule has 2 unspecified atom stereocenters. The van der Waals surface area contributed by atoms with Crippen LogP contribution in [0.1, 0.15) is 45.4 Å². The van der Waals surface area contributed by atoms with Gasteiger partial charge in [-0.1, -0.05) is 26.2 Å². The van der Waals surface area contributed by atoms with E-state index in [1.165, 1.54) is 16.1 Å². The number of aliphatic carboxylic acids is 1. The fourth-order valence-electron chi connectivity index (χ4n) is 2.89. The summed E-state index contributed by atoms with van der Waals surface area (Å²) in [6, 6.07) is -0.882. The molecule has 0 amide bonds. The lowest BCUT2D eigenvalue weighted by molar-refractivity contribution is -0.140. The molecule has 0 aromatic heterocycles. The van der Waals surface area contributed by atoms with Crippen LogP contribution >= 0.6 is 11.8 Å². The molecule has 2 rings (SSSR count). The van der Waals surface area contributed by atoms with Gasteiger partial charge in [0.15, 0.2) is 0 Å². The highest BCUT2D eigenvalue weighted by Gasteiger charge is 2.48. The standard InChI is InChI=1S/C12H21NO4S2/c1-2-5-11-13(10(8-18-11)12(14)15)19(16,17)9-6-3-4-7-9/h9-11H,2-8H2,1H3,(H,14,15). The number of carboxylic acid groups (broad SMARTS) is 1. The fourth-order valence-corrected chi connectivity index (χ4v) is 7.15. The van der Waals surface area contributed by atoms with E-state index < -0.39 is 22.0 Å². The van der Waals surface area contributed by atoms with E-state index in [2.05, 4.69) is 0 Å². The molecule has 0 bridgehead atoms. The van der Waals surface area contributed by atoms with Crippen molar-refractivity contribution < 1.29 is 18.3 Å². The summed E-state index contributed by atoms with van der Waals surface area (Å²) < 4.78 is 26.7. The second kappa shape index (κ2) is 6.01. The van der Waals surface area contributed by atoms with Gasteiger partial charge in [-0.3, -0.25) is 4.79 Å². The van der Waals surface area contributed by atoms with Gasteiger partial charge in [-0.05, 0) is 19.3 Å². The minimum atomic E-state index is -3.47. The van der Waals surface area contributed by atoms with Gasteiger partial charge >= 0.3 is 5.97 Å². The van der Waals surface area contributed by atoms with Crippen LogP contribution in [-0.4, -0.2) is 46.2 Å². The maximum Gasteiger partial charge on any atom is 0.322 e. The Labute approximate surface area is 118 Å². The molecule has 1 N–H and O–H groups in total. The monoisotopic (exact) mass is 307 g/mol. The van der Waals surface area contributed by atoms with Crippen LogP contribution in [0.4, 0.5) is 0 Å². The van der Waals surface area contributed by atoms with Crippen molar-refractivity contribution in [2.45, 2.75) is 62.1 Å². The van der Waals surface area contributed by atoms with Crippen molar-refractivity contribution in [2.24, 2.45) is 0 Å². The predicted octanol–water partition coefficient (Wildman–Crippen LogP) is 1.89. The van der Waals surface area contributed by atoms with Gasteiger partial charge in [-0.25, -0.2) is 8.42 Å². The Morgan fingerprint density at radius 3 is 2.53 bits per heavy atom. The molecule has 2 fully saturated rings. The molecule has 1 aliphatic carbocycles. The van der Waals surface area contributed by atoms with Gasteiger partial charge in [0.05, 0.1) is 10.6 Å². The minimum Gasteiger partial charge on any atom is -0.480 e. The van der Waals surface area contributed by atoms with Crippen molar-refractivity contribution >= 4 is 27.8 Å². The lowest BCUT2D eigenvalue weighted by atomic mass is 10.3. The number of carboxylic acids is 1. The van der Waals surface area contributed by atoms with Gasteiger partial charge in [-0.15, -0.1) is 11.8 Å². The van der Waals surface area contributed by atoms with Gasteiger partial charge in [0.1, 0.15) is 6.04 Å². The van der Waals surface area contributed by atoms with E-state index in [1.54, 1.807) is 0 Å². The molecule has 1 saturated heterocycles. The van der Waals surface area contributed by atoms with Gasteiger partial charge in [0.25, 0.3) is 0 Å². The number of rotatable bonds is 5. The first-order valence-electron chi connectivity index (χ1n) is 6.85. The number of carbonyl (C=O) groups is 1. The highest BCUT2D eigenvalue weighted by atomic mass is 32.2. The summed E-state index contributed by atoms with van der Waals surface area (Å²) in [4.78, 5) is 11.3. The van der Waals surface area contributed by atoms with Crippen LogP contribution in [0.25, 0.3) is 0 Å². The third kappa shape index (κ3) is 2.92. The zero-order valence-electron chi connectivity index (χ0n) is 11.1. The highest BCUT2D eigenvalue weighted by Crippen LogP contribution is 2.38. The number of thioether (sulfide) groups is 1. The summed E-state index contributed by atoms with van der Waals surface area (Å²) >= 11 is 1.46. The molecule has 7 heteroatoms. The number of sulfonamides is 1. The van der Waals surface area contributed by atoms with E-state index in [0.717, 1.165) is 25.7 Å². The Bertz CT molecular complexity index is 431. The molecule has 5 nitrogen and oxygen atoms in total. The van der Waals surface area contributed by atoms with Gasteiger partial charge < -0.3 is 5.11 Å². The van der Waals surface area contributed by atoms with Crippen LogP contribution in [0.15, 0.2) is 0 Å². The van der Waals surface area contributed by atoms with Crippen molar-refractivity contribution in [2.75, 3.05) is 5.75 Å². The Morgan fingerprint density at radius 1 is 1.37 bits per heavy atom. The van der Waals surface area contributed by atoms with Crippen molar-refractivity contribution in [3.63, 3.8) is 0 Å². The second-order valence-electron chi connectivity index (χ2n) is 5.21. The lowest BCUT2D eigenvalue weighted by Gasteiger charge is -2.29. The average Bonchev–Trinajstić information content (AvgIpc) is 2.98. The van der Waals surface area contributed by atoms with Gasteiger partial charge in [0.2, 0.25) is 10.0 Å². The minimum absolute atomic E-state index is 0.198. The highest BCUT2D eigenvalue weighted by molar-refractivity contribution is 8.01. The van der Waals surface area contributed by atoms with Crippen molar-refractivity contribution in [3.8, 4) is 0 Å². The van der Waals surface area contributed by atoms with Crippen LogP contribution in [0.5, 0.6) is 0 Å². The van der Waals surface area contributed by atoms with Crippen molar-refractivity contribution in [3.05, 3.63) is 0 Å². The van der Waals surface area contributed by atoms with E-state index in [9.17, 15) is 18.3 Å². The average molecular weight is 307 g/mol. The SMILES string of the molecule is CCCC1SCC(C(=O)O)N1S(=O)(=O)C1CCCC1. The molecule has 0 aromatic rings. The van der Waals surface area contributed by atoms with Crippen molar-refractivity contribution in [1.29, 1.82) is 0 Å². The van der Waals surface area contributed by atoms with Gasteiger partial charge in [0, 0.05) is 5.75 Å². The summed E-state index contributed by atoms with van der Waals surface area (Å²) in [6.07, 6.45) is 4.80. The maximum absolute atomic E-state index is 12.7. The van der Waals surface area contributed by atoms with Crippen LogP contribution < -0.4 is 0 Å². The number of hydrogen-bond donors (Lipinski definition) is 1. The smallest absolute Gasteiger partial charge is 0.322 e. The largest absolute Gasteiger partial charge is 0.480 e. The molecule has 1 aliphatic heterocycles. The van der Waals surface area contributed by atoms with E-state index >= 15 is 0 Å². The molecule has 0 aromatic carbocycles. The molecule has 2 atom stereocenters. The summed E-state index contributed by atoms with van der Waals surface area (Å²) in [6.45, 7) is 2.00. The quantitative estimate of drug-likeness (QED) is 0.839. The summed E-state index contributed by atoms with van der Waals surface area (Å²) in [5, 5.41) is 8.69. The second-order valence-corrected chi connectivity index (χ2v) is 8.54. The number of nitrogens with zero attached hydrogens (tertiary/aromatic N) is 1. The molecular weight excluding hydrogens is 286 g/mol. The predicted molar refractivity (Wildman–Crippen MR) is 75.6 cm³/mol.